The average Bonchev–Trinajstić information content (AvgIpc) is 2.96. The van der Waals surface area contributed by atoms with Crippen LogP contribution in [-0.2, 0) is 11.3 Å². The van der Waals surface area contributed by atoms with Gasteiger partial charge in [-0.05, 0) is 33.3 Å². The fourth-order valence-electron chi connectivity index (χ4n) is 3.75. The summed E-state index contributed by atoms with van der Waals surface area (Å²) in [6, 6.07) is 8.14. The van der Waals surface area contributed by atoms with E-state index in [2.05, 4.69) is 47.4 Å². The van der Waals surface area contributed by atoms with Crippen molar-refractivity contribution in [1.82, 2.24) is 15.5 Å². The minimum Gasteiger partial charge on any atom is -0.459 e. The lowest BCUT2D eigenvalue weighted by Crippen LogP contribution is -2.46. The monoisotopic (exact) mass is 372 g/mol. The second-order valence-corrected chi connectivity index (χ2v) is 7.37. The number of furan rings is 1. The summed E-state index contributed by atoms with van der Waals surface area (Å²) in [6.45, 7) is 11.0. The number of rotatable bonds is 6. The number of para-hydroxylation sites is 1. The second-order valence-electron chi connectivity index (χ2n) is 7.37. The third kappa shape index (κ3) is 5.23. The van der Waals surface area contributed by atoms with Crippen molar-refractivity contribution in [3.8, 4) is 0 Å². The normalized spacial score (nSPS) is 21.6. The molecule has 0 amide bonds. The van der Waals surface area contributed by atoms with Gasteiger partial charge in [0.15, 0.2) is 5.96 Å². The lowest BCUT2D eigenvalue weighted by molar-refractivity contribution is -0.0679. The highest BCUT2D eigenvalue weighted by molar-refractivity contribution is 5.82. The summed E-state index contributed by atoms with van der Waals surface area (Å²) in [5.74, 6) is 1.76. The lowest BCUT2D eigenvalue weighted by atomic mass is 10.1. The summed E-state index contributed by atoms with van der Waals surface area (Å²) in [4.78, 5) is 6.79. The Morgan fingerprint density at radius 3 is 2.63 bits per heavy atom. The van der Waals surface area contributed by atoms with Gasteiger partial charge in [0.1, 0.15) is 11.3 Å². The summed E-state index contributed by atoms with van der Waals surface area (Å²) in [5, 5.41) is 7.92. The molecule has 1 aromatic carbocycles. The first-order chi connectivity index (χ1) is 13.1. The van der Waals surface area contributed by atoms with E-state index in [9.17, 15) is 0 Å². The Balaban J connectivity index is 1.42. The molecule has 2 aromatic rings. The SMILES string of the molecule is CN=C(NCCCN1CC(C)OC(C)C1)NCc1oc2ccccc2c1C. The van der Waals surface area contributed by atoms with Gasteiger partial charge in [0.25, 0.3) is 0 Å². The number of hydrogen-bond acceptors (Lipinski definition) is 4. The molecule has 0 radical (unpaired) electrons. The summed E-state index contributed by atoms with van der Waals surface area (Å²) in [6.07, 6.45) is 1.72. The van der Waals surface area contributed by atoms with E-state index in [1.165, 1.54) is 10.9 Å². The van der Waals surface area contributed by atoms with Crippen LogP contribution in [0.1, 0.15) is 31.6 Å². The Bertz CT molecular complexity index is 761. The first-order valence-electron chi connectivity index (χ1n) is 9.86. The number of nitrogens with zero attached hydrogens (tertiary/aromatic N) is 2. The molecule has 0 spiro atoms. The van der Waals surface area contributed by atoms with Gasteiger partial charge in [0.2, 0.25) is 0 Å². The molecular weight excluding hydrogens is 340 g/mol. The molecule has 2 heterocycles. The number of guanidine groups is 1. The highest BCUT2D eigenvalue weighted by Gasteiger charge is 2.21. The molecule has 2 N–H and O–H groups in total. The largest absolute Gasteiger partial charge is 0.459 e. The average molecular weight is 373 g/mol. The van der Waals surface area contributed by atoms with Crippen LogP contribution >= 0.6 is 0 Å². The predicted octanol–water partition coefficient (Wildman–Crippen LogP) is 2.91. The van der Waals surface area contributed by atoms with Crippen molar-refractivity contribution in [2.24, 2.45) is 4.99 Å². The van der Waals surface area contributed by atoms with E-state index in [1.807, 2.05) is 18.2 Å². The van der Waals surface area contributed by atoms with Crippen LogP contribution in [0, 0.1) is 6.92 Å². The number of aryl methyl sites for hydroxylation is 1. The van der Waals surface area contributed by atoms with Crippen molar-refractivity contribution < 1.29 is 9.15 Å². The van der Waals surface area contributed by atoms with E-state index in [4.69, 9.17) is 9.15 Å². The molecule has 0 aliphatic carbocycles. The first kappa shape index (κ1) is 19.7. The van der Waals surface area contributed by atoms with Gasteiger partial charge >= 0.3 is 0 Å². The molecule has 3 rings (SSSR count). The first-order valence-corrected chi connectivity index (χ1v) is 9.86. The van der Waals surface area contributed by atoms with E-state index in [-0.39, 0.29) is 0 Å². The van der Waals surface area contributed by atoms with Crippen LogP contribution in [0.5, 0.6) is 0 Å². The van der Waals surface area contributed by atoms with Crippen molar-refractivity contribution in [1.29, 1.82) is 0 Å². The van der Waals surface area contributed by atoms with E-state index >= 15 is 0 Å². The van der Waals surface area contributed by atoms with Gasteiger partial charge in [-0.1, -0.05) is 18.2 Å². The molecule has 1 aromatic heterocycles. The predicted molar refractivity (Wildman–Crippen MR) is 110 cm³/mol. The molecule has 6 nitrogen and oxygen atoms in total. The van der Waals surface area contributed by atoms with E-state index in [0.29, 0.717) is 18.8 Å². The van der Waals surface area contributed by atoms with Crippen molar-refractivity contribution >= 4 is 16.9 Å². The zero-order chi connectivity index (χ0) is 19.2. The van der Waals surface area contributed by atoms with Crippen molar-refractivity contribution in [3.63, 3.8) is 0 Å². The number of morpholine rings is 1. The maximum absolute atomic E-state index is 5.95. The van der Waals surface area contributed by atoms with Gasteiger partial charge < -0.3 is 19.8 Å². The Hall–Kier alpha value is -2.05. The van der Waals surface area contributed by atoms with Crippen LogP contribution in [0.15, 0.2) is 33.7 Å². The van der Waals surface area contributed by atoms with Gasteiger partial charge in [0, 0.05) is 44.2 Å². The standard InChI is InChI=1S/C21H32N4O2/c1-15-13-25(14-16(2)26-15)11-7-10-23-21(22-4)24-12-20-17(3)18-8-5-6-9-19(18)27-20/h5-6,8-9,15-16H,7,10-14H2,1-4H3,(H2,22,23,24). The van der Waals surface area contributed by atoms with E-state index in [0.717, 1.165) is 49.9 Å². The smallest absolute Gasteiger partial charge is 0.191 e. The fourth-order valence-corrected chi connectivity index (χ4v) is 3.75. The van der Waals surface area contributed by atoms with Crippen molar-refractivity contribution in [3.05, 3.63) is 35.6 Å². The maximum Gasteiger partial charge on any atom is 0.191 e. The number of nitrogens with one attached hydrogen (secondary N) is 2. The molecular formula is C21H32N4O2. The van der Waals surface area contributed by atoms with Gasteiger partial charge in [-0.3, -0.25) is 9.89 Å². The molecule has 1 aliphatic heterocycles. The zero-order valence-electron chi connectivity index (χ0n) is 16.9. The van der Waals surface area contributed by atoms with Gasteiger partial charge in [0.05, 0.1) is 18.8 Å². The molecule has 1 aliphatic rings. The minimum absolute atomic E-state index is 0.322. The Morgan fingerprint density at radius 1 is 1.19 bits per heavy atom. The lowest BCUT2D eigenvalue weighted by Gasteiger charge is -2.35. The molecule has 6 heteroatoms. The maximum atomic E-state index is 5.95. The summed E-state index contributed by atoms with van der Waals surface area (Å²) < 4.78 is 11.7. The molecule has 148 valence electrons. The number of fused-ring (bicyclic) bond motifs is 1. The molecule has 27 heavy (non-hydrogen) atoms. The minimum atomic E-state index is 0.322. The van der Waals surface area contributed by atoms with Crippen molar-refractivity contribution in [2.75, 3.05) is 33.2 Å². The van der Waals surface area contributed by atoms with E-state index in [1.54, 1.807) is 7.05 Å². The number of ether oxygens (including phenoxy) is 1. The molecule has 1 saturated heterocycles. The van der Waals surface area contributed by atoms with Gasteiger partial charge in [-0.15, -0.1) is 0 Å². The fraction of sp³-hybridized carbons (Fsp3) is 0.571. The Kier molecular flexibility index (Phi) is 6.74. The quantitative estimate of drug-likeness (QED) is 0.464. The van der Waals surface area contributed by atoms with E-state index < -0.39 is 0 Å². The summed E-state index contributed by atoms with van der Waals surface area (Å²) in [5.41, 5.74) is 2.12. The number of aliphatic imine (C=N–C) groups is 1. The third-order valence-electron chi connectivity index (χ3n) is 5.02. The molecule has 0 saturated carbocycles. The highest BCUT2D eigenvalue weighted by atomic mass is 16.5. The van der Waals surface area contributed by atoms with Gasteiger partial charge in [-0.2, -0.15) is 0 Å². The summed E-state index contributed by atoms with van der Waals surface area (Å²) in [7, 11) is 1.80. The zero-order valence-corrected chi connectivity index (χ0v) is 16.9. The molecule has 2 atom stereocenters. The molecule has 1 fully saturated rings. The van der Waals surface area contributed by atoms with Crippen LogP contribution in [0.3, 0.4) is 0 Å². The number of hydrogen-bond donors (Lipinski definition) is 2. The topological polar surface area (TPSA) is 62.0 Å². The van der Waals surface area contributed by atoms with Crippen molar-refractivity contribution in [2.45, 2.75) is 45.9 Å². The van der Waals surface area contributed by atoms with Crippen LogP contribution in [-0.4, -0.2) is 56.3 Å². The second kappa shape index (κ2) is 9.24. The van der Waals surface area contributed by atoms with Crippen LogP contribution in [0.2, 0.25) is 0 Å². The Morgan fingerprint density at radius 2 is 1.93 bits per heavy atom. The Labute approximate surface area is 162 Å². The highest BCUT2D eigenvalue weighted by Crippen LogP contribution is 2.24. The summed E-state index contributed by atoms with van der Waals surface area (Å²) >= 11 is 0. The molecule has 0 bridgehead atoms. The van der Waals surface area contributed by atoms with Crippen LogP contribution in [0.4, 0.5) is 0 Å². The molecule has 2 unspecified atom stereocenters. The van der Waals surface area contributed by atoms with Crippen LogP contribution in [0.25, 0.3) is 11.0 Å². The van der Waals surface area contributed by atoms with Crippen LogP contribution < -0.4 is 10.6 Å². The number of benzene rings is 1. The third-order valence-corrected chi connectivity index (χ3v) is 5.02. The van der Waals surface area contributed by atoms with Gasteiger partial charge in [-0.25, -0.2) is 0 Å².